The Morgan fingerprint density at radius 2 is 2.17 bits per heavy atom. The van der Waals surface area contributed by atoms with Gasteiger partial charge in [0, 0.05) is 24.8 Å². The Morgan fingerprint density at radius 1 is 1.44 bits per heavy atom. The second-order valence-corrected chi connectivity index (χ2v) is 4.14. The molecule has 0 aliphatic heterocycles. The number of benzene rings is 1. The number of aliphatic hydroxyl groups excluding tert-OH is 1. The molecule has 1 unspecified atom stereocenters. The lowest BCUT2D eigenvalue weighted by Gasteiger charge is -2.17. The van der Waals surface area contributed by atoms with E-state index >= 15 is 0 Å². The lowest BCUT2D eigenvalue weighted by molar-refractivity contribution is 0.262. The lowest BCUT2D eigenvalue weighted by atomic mass is 10.1. The molecule has 0 aliphatic rings. The van der Waals surface area contributed by atoms with Gasteiger partial charge in [0.25, 0.3) is 0 Å². The Labute approximate surface area is 107 Å². The Hall–Kier alpha value is -1.59. The maximum atomic E-state index is 8.93. The first kappa shape index (κ1) is 14.5. The van der Waals surface area contributed by atoms with Crippen molar-refractivity contribution in [1.29, 1.82) is 0 Å². The maximum absolute atomic E-state index is 8.93. The highest BCUT2D eigenvalue weighted by Crippen LogP contribution is 2.09. The molecule has 1 rings (SSSR count). The van der Waals surface area contributed by atoms with E-state index in [0.29, 0.717) is 6.54 Å². The first-order chi connectivity index (χ1) is 8.72. The number of rotatable bonds is 7. The van der Waals surface area contributed by atoms with Crippen LogP contribution >= 0.6 is 0 Å². The van der Waals surface area contributed by atoms with Crippen molar-refractivity contribution in [3.05, 3.63) is 35.4 Å². The van der Waals surface area contributed by atoms with E-state index in [1.165, 1.54) is 0 Å². The van der Waals surface area contributed by atoms with Gasteiger partial charge >= 0.3 is 0 Å². The van der Waals surface area contributed by atoms with Gasteiger partial charge in [-0.05, 0) is 18.4 Å². The minimum atomic E-state index is 0.114. The van der Waals surface area contributed by atoms with Gasteiger partial charge in [-0.1, -0.05) is 36.3 Å². The number of hydrogen-bond acceptors (Lipinski definition) is 4. The SMILES string of the molecule is CCC(CCO)NCc1ccccc1/C(N)=N/O. The van der Waals surface area contributed by atoms with Gasteiger partial charge in [-0.2, -0.15) is 0 Å². The number of hydrogen-bond donors (Lipinski definition) is 4. The second kappa shape index (κ2) is 7.68. The Balaban J connectivity index is 2.72. The molecule has 0 saturated carbocycles. The van der Waals surface area contributed by atoms with Crippen LogP contribution in [0.25, 0.3) is 0 Å². The third-order valence-corrected chi connectivity index (χ3v) is 2.95. The molecular formula is C13H21N3O2. The summed E-state index contributed by atoms with van der Waals surface area (Å²) in [6.07, 6.45) is 1.68. The predicted octanol–water partition coefficient (Wildman–Crippen LogP) is 1.03. The first-order valence-corrected chi connectivity index (χ1v) is 6.13. The van der Waals surface area contributed by atoms with Crippen LogP contribution in [-0.2, 0) is 6.54 Å². The highest BCUT2D eigenvalue weighted by Gasteiger charge is 2.09. The molecule has 0 bridgehead atoms. The zero-order valence-corrected chi connectivity index (χ0v) is 10.6. The summed E-state index contributed by atoms with van der Waals surface area (Å²) in [6.45, 7) is 2.88. The summed E-state index contributed by atoms with van der Waals surface area (Å²) >= 11 is 0. The molecule has 0 aliphatic carbocycles. The Kier molecular flexibility index (Phi) is 6.18. The molecular weight excluding hydrogens is 230 g/mol. The van der Waals surface area contributed by atoms with Gasteiger partial charge in [0.2, 0.25) is 0 Å². The molecule has 1 atom stereocenters. The molecule has 0 fully saturated rings. The zero-order valence-electron chi connectivity index (χ0n) is 10.6. The summed E-state index contributed by atoms with van der Waals surface area (Å²) in [5.74, 6) is 0.114. The van der Waals surface area contributed by atoms with Crippen molar-refractivity contribution >= 4 is 5.84 Å². The summed E-state index contributed by atoms with van der Waals surface area (Å²) in [5, 5.41) is 24.0. The van der Waals surface area contributed by atoms with E-state index < -0.39 is 0 Å². The van der Waals surface area contributed by atoms with Crippen LogP contribution in [0.2, 0.25) is 0 Å². The molecule has 5 heteroatoms. The van der Waals surface area contributed by atoms with Crippen LogP contribution in [0.4, 0.5) is 0 Å². The van der Waals surface area contributed by atoms with E-state index in [0.717, 1.165) is 24.0 Å². The lowest BCUT2D eigenvalue weighted by Crippen LogP contribution is -2.30. The molecule has 1 aromatic carbocycles. The van der Waals surface area contributed by atoms with Crippen LogP contribution in [0.3, 0.4) is 0 Å². The summed E-state index contributed by atoms with van der Waals surface area (Å²) in [5.41, 5.74) is 7.33. The summed E-state index contributed by atoms with van der Waals surface area (Å²) in [7, 11) is 0. The third kappa shape index (κ3) is 4.01. The molecule has 18 heavy (non-hydrogen) atoms. The highest BCUT2D eigenvalue weighted by atomic mass is 16.4. The number of oxime groups is 1. The Bertz CT molecular complexity index is 394. The van der Waals surface area contributed by atoms with E-state index in [9.17, 15) is 0 Å². The quantitative estimate of drug-likeness (QED) is 0.252. The van der Waals surface area contributed by atoms with Crippen molar-refractivity contribution < 1.29 is 10.3 Å². The molecule has 0 spiro atoms. The molecule has 0 aromatic heterocycles. The summed E-state index contributed by atoms with van der Waals surface area (Å²) in [6, 6.07) is 7.79. The fourth-order valence-electron chi connectivity index (χ4n) is 1.84. The number of nitrogens with two attached hydrogens (primary N) is 1. The zero-order chi connectivity index (χ0) is 13.4. The van der Waals surface area contributed by atoms with E-state index in [-0.39, 0.29) is 18.5 Å². The maximum Gasteiger partial charge on any atom is 0.170 e. The molecule has 0 saturated heterocycles. The first-order valence-electron chi connectivity index (χ1n) is 6.13. The van der Waals surface area contributed by atoms with Crippen LogP contribution in [-0.4, -0.2) is 28.8 Å². The van der Waals surface area contributed by atoms with Crippen LogP contribution in [0.15, 0.2) is 29.4 Å². The van der Waals surface area contributed by atoms with Crippen molar-refractivity contribution in [2.24, 2.45) is 10.9 Å². The van der Waals surface area contributed by atoms with Crippen molar-refractivity contribution in [2.45, 2.75) is 32.4 Å². The average Bonchev–Trinajstić information content (AvgIpc) is 2.43. The van der Waals surface area contributed by atoms with Gasteiger partial charge in [-0.25, -0.2) is 0 Å². The van der Waals surface area contributed by atoms with Crippen molar-refractivity contribution in [2.75, 3.05) is 6.61 Å². The number of aliphatic hydroxyl groups is 1. The van der Waals surface area contributed by atoms with Crippen LogP contribution in [0.5, 0.6) is 0 Å². The fourth-order valence-corrected chi connectivity index (χ4v) is 1.84. The normalized spacial score (nSPS) is 13.6. The van der Waals surface area contributed by atoms with E-state index in [1.54, 1.807) is 0 Å². The smallest absolute Gasteiger partial charge is 0.170 e. The van der Waals surface area contributed by atoms with Gasteiger partial charge in [-0.15, -0.1) is 0 Å². The molecule has 5 N–H and O–H groups in total. The van der Waals surface area contributed by atoms with Crippen LogP contribution < -0.4 is 11.1 Å². The molecule has 1 aromatic rings. The van der Waals surface area contributed by atoms with Gasteiger partial charge in [0.15, 0.2) is 5.84 Å². The third-order valence-electron chi connectivity index (χ3n) is 2.95. The molecule has 0 heterocycles. The van der Waals surface area contributed by atoms with E-state index in [2.05, 4.69) is 17.4 Å². The fraction of sp³-hybridized carbons (Fsp3) is 0.462. The Morgan fingerprint density at radius 3 is 2.78 bits per heavy atom. The monoisotopic (exact) mass is 251 g/mol. The highest BCUT2D eigenvalue weighted by molar-refractivity contribution is 5.98. The average molecular weight is 251 g/mol. The van der Waals surface area contributed by atoms with Crippen LogP contribution in [0.1, 0.15) is 30.9 Å². The summed E-state index contributed by atoms with van der Waals surface area (Å²) < 4.78 is 0. The molecule has 5 nitrogen and oxygen atoms in total. The van der Waals surface area contributed by atoms with E-state index in [4.69, 9.17) is 16.0 Å². The van der Waals surface area contributed by atoms with Crippen molar-refractivity contribution in [3.63, 3.8) is 0 Å². The number of nitrogens with one attached hydrogen (secondary N) is 1. The van der Waals surface area contributed by atoms with Crippen molar-refractivity contribution in [3.8, 4) is 0 Å². The largest absolute Gasteiger partial charge is 0.409 e. The number of nitrogens with zero attached hydrogens (tertiary/aromatic N) is 1. The van der Waals surface area contributed by atoms with Crippen LogP contribution in [0, 0.1) is 0 Å². The van der Waals surface area contributed by atoms with Crippen molar-refractivity contribution in [1.82, 2.24) is 5.32 Å². The molecule has 0 amide bonds. The minimum absolute atomic E-state index is 0.114. The summed E-state index contributed by atoms with van der Waals surface area (Å²) in [4.78, 5) is 0. The molecule has 0 radical (unpaired) electrons. The second-order valence-electron chi connectivity index (χ2n) is 4.14. The number of amidine groups is 1. The van der Waals surface area contributed by atoms with Gasteiger partial charge in [-0.3, -0.25) is 0 Å². The van der Waals surface area contributed by atoms with Gasteiger partial charge in [0.05, 0.1) is 0 Å². The molecule has 100 valence electrons. The van der Waals surface area contributed by atoms with Gasteiger partial charge < -0.3 is 21.4 Å². The predicted molar refractivity (Wildman–Crippen MR) is 71.6 cm³/mol. The van der Waals surface area contributed by atoms with Gasteiger partial charge in [0.1, 0.15) is 0 Å². The topological polar surface area (TPSA) is 90.9 Å². The minimum Gasteiger partial charge on any atom is -0.409 e. The standard InChI is InChI=1S/C13H21N3O2/c1-2-11(7-8-17)15-9-10-5-3-4-6-12(10)13(14)16-18/h3-6,11,15,17-18H,2,7-9H2,1H3,(H2,14,16). The van der Waals surface area contributed by atoms with E-state index in [1.807, 2.05) is 24.3 Å².